The molecule has 5 nitrogen and oxygen atoms in total. The summed E-state index contributed by atoms with van der Waals surface area (Å²) in [5.41, 5.74) is 3.49. The number of fused-ring (bicyclic) bond motifs is 3. The van der Waals surface area contributed by atoms with Gasteiger partial charge in [-0.25, -0.2) is 5.06 Å². The van der Waals surface area contributed by atoms with Crippen molar-refractivity contribution in [2.24, 2.45) is 5.41 Å². The first kappa shape index (κ1) is 15.8. The summed E-state index contributed by atoms with van der Waals surface area (Å²) >= 11 is 0. The van der Waals surface area contributed by atoms with Crippen LogP contribution >= 0.6 is 0 Å². The Balaban J connectivity index is 1.55. The minimum atomic E-state index is -0.386. The Kier molecular flexibility index (Phi) is 3.62. The molecule has 0 amide bonds. The van der Waals surface area contributed by atoms with Crippen molar-refractivity contribution in [1.82, 2.24) is 0 Å². The van der Waals surface area contributed by atoms with Crippen LogP contribution in [0.2, 0.25) is 0 Å². The van der Waals surface area contributed by atoms with Gasteiger partial charge in [0.2, 0.25) is 0 Å². The highest BCUT2D eigenvalue weighted by molar-refractivity contribution is 5.60. The number of nitrogens with zero attached hydrogens (tertiary/aromatic N) is 2. The van der Waals surface area contributed by atoms with E-state index in [9.17, 15) is 10.1 Å². The first-order valence-corrected chi connectivity index (χ1v) is 8.43. The van der Waals surface area contributed by atoms with Crippen LogP contribution in [0.25, 0.3) is 6.08 Å². The summed E-state index contributed by atoms with van der Waals surface area (Å²) in [5, 5.41) is 12.8. The van der Waals surface area contributed by atoms with Crippen molar-refractivity contribution in [3.05, 3.63) is 75.8 Å². The second-order valence-corrected chi connectivity index (χ2v) is 7.23. The van der Waals surface area contributed by atoms with Gasteiger partial charge in [0.1, 0.15) is 6.10 Å². The normalized spacial score (nSPS) is 23.7. The third kappa shape index (κ3) is 2.61. The molecule has 1 fully saturated rings. The summed E-state index contributed by atoms with van der Waals surface area (Å²) in [6, 6.07) is 15.3. The molecular weight excluding hydrogens is 316 g/mol. The molecule has 0 bridgehead atoms. The Morgan fingerprint density at radius 2 is 1.92 bits per heavy atom. The van der Waals surface area contributed by atoms with E-state index in [0.717, 1.165) is 17.7 Å². The van der Waals surface area contributed by atoms with Gasteiger partial charge in [-0.15, -0.1) is 0 Å². The molecule has 128 valence electrons. The summed E-state index contributed by atoms with van der Waals surface area (Å²) in [5.74, 6) is 0. The van der Waals surface area contributed by atoms with Gasteiger partial charge in [-0.05, 0) is 35.7 Å². The molecular formula is C20H20N2O3. The lowest BCUT2D eigenvalue weighted by atomic mass is 9.78. The molecule has 0 N–H and O–H groups in total. The molecule has 0 aromatic heterocycles. The summed E-state index contributed by atoms with van der Waals surface area (Å²) in [7, 11) is 0. The zero-order valence-electron chi connectivity index (χ0n) is 14.3. The van der Waals surface area contributed by atoms with E-state index in [0.29, 0.717) is 6.04 Å². The zero-order chi connectivity index (χ0) is 17.6. The number of hydrogen-bond acceptors (Lipinski definition) is 4. The molecule has 0 radical (unpaired) electrons. The lowest BCUT2D eigenvalue weighted by molar-refractivity contribution is -0.384. The molecule has 0 aliphatic carbocycles. The molecule has 4 rings (SSSR count). The minimum absolute atomic E-state index is 0.0315. The Hall–Kier alpha value is -2.66. The van der Waals surface area contributed by atoms with Crippen molar-refractivity contribution in [1.29, 1.82) is 0 Å². The largest absolute Gasteiger partial charge is 0.269 e. The minimum Gasteiger partial charge on any atom is -0.265 e. The van der Waals surface area contributed by atoms with E-state index in [2.05, 4.69) is 43.2 Å². The van der Waals surface area contributed by atoms with Gasteiger partial charge in [0.05, 0.1) is 16.7 Å². The van der Waals surface area contributed by atoms with E-state index in [4.69, 9.17) is 4.84 Å². The predicted octanol–water partition coefficient (Wildman–Crippen LogP) is 4.38. The highest BCUT2D eigenvalue weighted by Crippen LogP contribution is 2.48. The molecule has 2 aromatic rings. The molecule has 25 heavy (non-hydrogen) atoms. The van der Waals surface area contributed by atoms with Crippen molar-refractivity contribution >= 4 is 17.5 Å². The van der Waals surface area contributed by atoms with Crippen LogP contribution in [0.4, 0.5) is 11.4 Å². The number of nitro groups is 1. The van der Waals surface area contributed by atoms with Crippen molar-refractivity contribution in [3.8, 4) is 0 Å². The molecule has 2 atom stereocenters. The number of benzene rings is 2. The van der Waals surface area contributed by atoms with Crippen LogP contribution in [0.1, 0.15) is 25.0 Å². The number of non-ortho nitro benzene ring substituents is 1. The monoisotopic (exact) mass is 336 g/mol. The first-order valence-electron chi connectivity index (χ1n) is 8.43. The van der Waals surface area contributed by atoms with Gasteiger partial charge < -0.3 is 0 Å². The van der Waals surface area contributed by atoms with E-state index in [-0.39, 0.29) is 22.1 Å². The molecule has 1 saturated heterocycles. The summed E-state index contributed by atoms with van der Waals surface area (Å²) in [4.78, 5) is 16.6. The first-order chi connectivity index (χ1) is 12.0. The highest BCUT2D eigenvalue weighted by Gasteiger charge is 2.51. The smallest absolute Gasteiger partial charge is 0.265 e. The standard InChI is InChI=1S/C20H20N2O3/c1-20(2)18-13-15-5-3-4-6-17(15)21(18)25-19(20)12-9-14-7-10-16(11-8-14)22(23)24/h3-12,18-19H,13H2,1-2H3. The molecule has 0 spiro atoms. The summed E-state index contributed by atoms with van der Waals surface area (Å²) in [6.45, 7) is 4.46. The van der Waals surface area contributed by atoms with E-state index in [1.165, 1.54) is 17.7 Å². The number of rotatable bonds is 3. The van der Waals surface area contributed by atoms with Gasteiger partial charge in [0.15, 0.2) is 0 Å². The van der Waals surface area contributed by atoms with Gasteiger partial charge in [-0.3, -0.25) is 15.0 Å². The second-order valence-electron chi connectivity index (χ2n) is 7.23. The number of hydrogen-bond donors (Lipinski definition) is 0. The van der Waals surface area contributed by atoms with E-state index in [1.54, 1.807) is 12.1 Å². The number of anilines is 1. The van der Waals surface area contributed by atoms with Gasteiger partial charge in [-0.2, -0.15) is 0 Å². The topological polar surface area (TPSA) is 55.6 Å². The van der Waals surface area contributed by atoms with Crippen LogP contribution in [0.3, 0.4) is 0 Å². The lowest BCUT2D eigenvalue weighted by Crippen LogP contribution is -2.36. The van der Waals surface area contributed by atoms with Crippen LogP contribution in [0.5, 0.6) is 0 Å². The molecule has 0 saturated carbocycles. The van der Waals surface area contributed by atoms with Crippen LogP contribution in [0, 0.1) is 15.5 Å². The third-order valence-electron chi connectivity index (χ3n) is 5.31. The summed E-state index contributed by atoms with van der Waals surface area (Å²) in [6.07, 6.45) is 4.98. The highest BCUT2D eigenvalue weighted by atomic mass is 16.7. The van der Waals surface area contributed by atoms with Crippen LogP contribution in [-0.4, -0.2) is 17.1 Å². The average Bonchev–Trinajstić information content (AvgIpc) is 3.08. The third-order valence-corrected chi connectivity index (χ3v) is 5.31. The number of hydroxylamine groups is 1. The molecule has 5 heteroatoms. The zero-order valence-corrected chi connectivity index (χ0v) is 14.3. The second kappa shape index (κ2) is 5.70. The van der Waals surface area contributed by atoms with E-state index in [1.807, 2.05) is 12.1 Å². The average molecular weight is 336 g/mol. The Bertz CT molecular complexity index is 842. The molecule has 2 aliphatic rings. The van der Waals surface area contributed by atoms with Crippen LogP contribution < -0.4 is 5.06 Å². The van der Waals surface area contributed by atoms with Crippen molar-refractivity contribution in [3.63, 3.8) is 0 Å². The Labute approximate surface area is 146 Å². The Morgan fingerprint density at radius 1 is 1.20 bits per heavy atom. The molecule has 2 aromatic carbocycles. The lowest BCUT2D eigenvalue weighted by Gasteiger charge is -2.26. The van der Waals surface area contributed by atoms with Gasteiger partial charge in [0.25, 0.3) is 5.69 Å². The Morgan fingerprint density at radius 3 is 2.64 bits per heavy atom. The SMILES string of the molecule is CC1(C)C(C=Cc2ccc([N+](=O)[O-])cc2)ON2c3ccccc3CC21. The van der Waals surface area contributed by atoms with Gasteiger partial charge in [0, 0.05) is 17.5 Å². The fourth-order valence-corrected chi connectivity index (χ4v) is 3.69. The van der Waals surface area contributed by atoms with E-state index >= 15 is 0 Å². The summed E-state index contributed by atoms with van der Waals surface area (Å²) < 4.78 is 0. The van der Waals surface area contributed by atoms with E-state index < -0.39 is 0 Å². The number of nitro benzene ring substituents is 1. The van der Waals surface area contributed by atoms with Crippen molar-refractivity contribution < 1.29 is 9.76 Å². The molecule has 2 aliphatic heterocycles. The predicted molar refractivity (Wildman–Crippen MR) is 97.2 cm³/mol. The fourth-order valence-electron chi connectivity index (χ4n) is 3.69. The number of para-hydroxylation sites is 1. The molecule has 2 unspecified atom stereocenters. The van der Waals surface area contributed by atoms with Crippen LogP contribution in [0.15, 0.2) is 54.6 Å². The van der Waals surface area contributed by atoms with Crippen molar-refractivity contribution in [2.45, 2.75) is 32.4 Å². The van der Waals surface area contributed by atoms with Crippen molar-refractivity contribution in [2.75, 3.05) is 5.06 Å². The quantitative estimate of drug-likeness (QED) is 0.616. The van der Waals surface area contributed by atoms with Crippen LogP contribution in [-0.2, 0) is 11.3 Å². The van der Waals surface area contributed by atoms with Gasteiger partial charge >= 0.3 is 0 Å². The maximum absolute atomic E-state index is 10.7. The molecule has 2 heterocycles. The fraction of sp³-hybridized carbons (Fsp3) is 0.300. The maximum Gasteiger partial charge on any atom is 0.269 e. The maximum atomic E-state index is 10.7. The van der Waals surface area contributed by atoms with Gasteiger partial charge in [-0.1, -0.05) is 44.2 Å².